The van der Waals surface area contributed by atoms with Gasteiger partial charge in [-0.2, -0.15) is 0 Å². The van der Waals surface area contributed by atoms with Gasteiger partial charge in [0.1, 0.15) is 0 Å². The third kappa shape index (κ3) is 2.74. The fourth-order valence-electron chi connectivity index (χ4n) is 1.78. The normalized spacial score (nSPS) is 21.3. The van der Waals surface area contributed by atoms with E-state index in [9.17, 15) is 0 Å². The highest BCUT2D eigenvalue weighted by Gasteiger charge is 2.21. The maximum atomic E-state index is 5.57. The van der Waals surface area contributed by atoms with Crippen molar-refractivity contribution in [1.82, 2.24) is 5.32 Å². The fraction of sp³-hybridized carbons (Fsp3) is 0.500. The molecule has 2 nitrogen and oxygen atoms in total. The molecule has 0 aliphatic carbocycles. The Bertz CT molecular complexity index is 302. The van der Waals surface area contributed by atoms with E-state index < -0.39 is 0 Å². The molecule has 82 valence electrons. The third-order valence-electron chi connectivity index (χ3n) is 2.76. The second-order valence-corrected chi connectivity index (χ2v) is 5.44. The van der Waals surface area contributed by atoms with Crippen LogP contribution in [0.3, 0.4) is 0 Å². The van der Waals surface area contributed by atoms with E-state index in [-0.39, 0.29) is 0 Å². The molecule has 0 bridgehead atoms. The van der Waals surface area contributed by atoms with Crippen molar-refractivity contribution in [3.05, 3.63) is 29.8 Å². The fourth-order valence-corrected chi connectivity index (χ4v) is 3.05. The van der Waals surface area contributed by atoms with Crippen LogP contribution in [0.15, 0.2) is 29.2 Å². The number of hydrogen-bond donors (Lipinski definition) is 2. The predicted octanol–water partition coefficient (Wildman–Crippen LogP) is 1.64. The van der Waals surface area contributed by atoms with Crippen molar-refractivity contribution in [3.8, 4) is 0 Å². The van der Waals surface area contributed by atoms with E-state index in [1.165, 1.54) is 16.9 Å². The van der Waals surface area contributed by atoms with Crippen molar-refractivity contribution in [1.29, 1.82) is 0 Å². The number of nitrogens with one attached hydrogen (secondary N) is 1. The summed E-state index contributed by atoms with van der Waals surface area (Å²) in [6, 6.07) is 9.11. The minimum absolute atomic E-state index is 0.425. The molecule has 1 heterocycles. The molecule has 2 rings (SSSR count). The average molecular weight is 222 g/mol. The second kappa shape index (κ2) is 5.01. The monoisotopic (exact) mass is 222 g/mol. The van der Waals surface area contributed by atoms with Gasteiger partial charge >= 0.3 is 0 Å². The molecule has 1 aliphatic rings. The molecule has 0 fully saturated rings. The maximum absolute atomic E-state index is 5.57. The maximum Gasteiger partial charge on any atom is 0.0260 e. The topological polar surface area (TPSA) is 38.0 Å². The van der Waals surface area contributed by atoms with E-state index in [0.717, 1.165) is 6.54 Å². The number of rotatable bonds is 4. The lowest BCUT2D eigenvalue weighted by Crippen LogP contribution is -2.37. The molecule has 1 aromatic rings. The summed E-state index contributed by atoms with van der Waals surface area (Å²) in [5.41, 5.74) is 7.07. The van der Waals surface area contributed by atoms with Gasteiger partial charge in [0, 0.05) is 29.3 Å². The molecule has 0 radical (unpaired) electrons. The van der Waals surface area contributed by atoms with E-state index in [1.54, 1.807) is 0 Å². The van der Waals surface area contributed by atoms with E-state index in [0.29, 0.717) is 17.8 Å². The first-order valence-electron chi connectivity index (χ1n) is 5.47. The summed E-state index contributed by atoms with van der Waals surface area (Å²) in [7, 11) is 0. The summed E-state index contributed by atoms with van der Waals surface area (Å²) in [6.45, 7) is 3.90. The summed E-state index contributed by atoms with van der Waals surface area (Å²) in [6.07, 6.45) is 1.19. The number of nitrogens with two attached hydrogens (primary N) is 1. The molecule has 1 aromatic carbocycles. The lowest BCUT2D eigenvalue weighted by molar-refractivity contribution is 0.551. The van der Waals surface area contributed by atoms with Crippen molar-refractivity contribution in [2.45, 2.75) is 29.5 Å². The zero-order valence-electron chi connectivity index (χ0n) is 9.07. The van der Waals surface area contributed by atoms with Gasteiger partial charge in [-0.15, -0.1) is 11.8 Å². The molecule has 2 atom stereocenters. The molecule has 0 aromatic heterocycles. The molecular formula is C12H18N2S. The first-order chi connectivity index (χ1) is 7.29. The first kappa shape index (κ1) is 11.0. The first-order valence-corrected chi connectivity index (χ1v) is 6.35. The van der Waals surface area contributed by atoms with Gasteiger partial charge in [-0.25, -0.2) is 0 Å². The quantitative estimate of drug-likeness (QED) is 0.813. The Morgan fingerprint density at radius 3 is 3.07 bits per heavy atom. The van der Waals surface area contributed by atoms with Crippen LogP contribution in [0.25, 0.3) is 0 Å². The average Bonchev–Trinajstić information content (AvgIpc) is 2.68. The lowest BCUT2D eigenvalue weighted by atomic mass is 10.1. The summed E-state index contributed by atoms with van der Waals surface area (Å²) in [5, 5.41) is 4.14. The molecule has 0 amide bonds. The minimum Gasteiger partial charge on any atom is -0.329 e. The van der Waals surface area contributed by atoms with Crippen LogP contribution in [0.2, 0.25) is 0 Å². The SMILES string of the molecule is CC(CN)NCC1Cc2ccccc2S1. The molecular weight excluding hydrogens is 204 g/mol. The van der Waals surface area contributed by atoms with Crippen LogP contribution >= 0.6 is 11.8 Å². The smallest absolute Gasteiger partial charge is 0.0260 e. The van der Waals surface area contributed by atoms with E-state index >= 15 is 0 Å². The highest BCUT2D eigenvalue weighted by atomic mass is 32.2. The Labute approximate surface area is 95.6 Å². The molecule has 15 heavy (non-hydrogen) atoms. The van der Waals surface area contributed by atoms with Gasteiger partial charge in [0.2, 0.25) is 0 Å². The summed E-state index contributed by atoms with van der Waals surface area (Å²) < 4.78 is 0. The number of fused-ring (bicyclic) bond motifs is 1. The zero-order chi connectivity index (χ0) is 10.7. The van der Waals surface area contributed by atoms with Crippen LogP contribution in [0, 0.1) is 0 Å². The lowest BCUT2D eigenvalue weighted by Gasteiger charge is -2.14. The van der Waals surface area contributed by atoms with E-state index in [4.69, 9.17) is 5.73 Å². The Balaban J connectivity index is 1.85. The molecule has 0 spiro atoms. The van der Waals surface area contributed by atoms with Crippen LogP contribution in [0.1, 0.15) is 12.5 Å². The van der Waals surface area contributed by atoms with Crippen LogP contribution < -0.4 is 11.1 Å². The van der Waals surface area contributed by atoms with Gasteiger partial charge in [0.05, 0.1) is 0 Å². The van der Waals surface area contributed by atoms with E-state index in [2.05, 4.69) is 36.5 Å². The number of thioether (sulfide) groups is 1. The van der Waals surface area contributed by atoms with Crippen molar-refractivity contribution in [2.75, 3.05) is 13.1 Å². The Kier molecular flexibility index (Phi) is 3.67. The highest BCUT2D eigenvalue weighted by molar-refractivity contribution is 8.00. The Hall–Kier alpha value is -0.510. The van der Waals surface area contributed by atoms with Gasteiger partial charge in [0.25, 0.3) is 0 Å². The summed E-state index contributed by atoms with van der Waals surface area (Å²) in [4.78, 5) is 1.45. The summed E-state index contributed by atoms with van der Waals surface area (Å²) >= 11 is 1.99. The summed E-state index contributed by atoms with van der Waals surface area (Å²) in [5.74, 6) is 0. The van der Waals surface area contributed by atoms with Crippen molar-refractivity contribution in [3.63, 3.8) is 0 Å². The Morgan fingerprint density at radius 1 is 1.53 bits per heavy atom. The molecule has 0 saturated heterocycles. The predicted molar refractivity (Wildman–Crippen MR) is 66.3 cm³/mol. The van der Waals surface area contributed by atoms with Gasteiger partial charge in [-0.3, -0.25) is 0 Å². The molecule has 3 N–H and O–H groups in total. The van der Waals surface area contributed by atoms with Gasteiger partial charge in [-0.1, -0.05) is 18.2 Å². The van der Waals surface area contributed by atoms with Crippen LogP contribution in [-0.2, 0) is 6.42 Å². The Morgan fingerprint density at radius 2 is 2.33 bits per heavy atom. The molecule has 2 unspecified atom stereocenters. The molecule has 3 heteroatoms. The molecule has 0 saturated carbocycles. The van der Waals surface area contributed by atoms with Crippen molar-refractivity contribution in [2.24, 2.45) is 5.73 Å². The van der Waals surface area contributed by atoms with Crippen molar-refractivity contribution >= 4 is 11.8 Å². The van der Waals surface area contributed by atoms with Crippen LogP contribution in [0.5, 0.6) is 0 Å². The standard InChI is InChI=1S/C12H18N2S/c1-9(7-13)14-8-11-6-10-4-2-3-5-12(10)15-11/h2-5,9,11,14H,6-8,13H2,1H3. The number of hydrogen-bond acceptors (Lipinski definition) is 3. The largest absolute Gasteiger partial charge is 0.329 e. The van der Waals surface area contributed by atoms with Crippen molar-refractivity contribution < 1.29 is 0 Å². The van der Waals surface area contributed by atoms with Crippen LogP contribution in [0.4, 0.5) is 0 Å². The zero-order valence-corrected chi connectivity index (χ0v) is 9.89. The molecule has 1 aliphatic heterocycles. The third-order valence-corrected chi connectivity index (χ3v) is 4.08. The van der Waals surface area contributed by atoms with Gasteiger partial charge < -0.3 is 11.1 Å². The highest BCUT2D eigenvalue weighted by Crippen LogP contribution is 2.36. The minimum atomic E-state index is 0.425. The van der Waals surface area contributed by atoms with Gasteiger partial charge in [-0.05, 0) is 25.0 Å². The van der Waals surface area contributed by atoms with Crippen LogP contribution in [-0.4, -0.2) is 24.4 Å². The second-order valence-electron chi connectivity index (χ2n) is 4.10. The van der Waals surface area contributed by atoms with E-state index in [1.807, 2.05) is 11.8 Å². The van der Waals surface area contributed by atoms with Gasteiger partial charge in [0.15, 0.2) is 0 Å². The number of benzene rings is 1.